The van der Waals surface area contributed by atoms with E-state index in [0.29, 0.717) is 5.69 Å². The summed E-state index contributed by atoms with van der Waals surface area (Å²) >= 11 is 11.2. The molecule has 0 aliphatic carbocycles. The Bertz CT molecular complexity index is 364. The number of nitriles is 1. The Morgan fingerprint density at radius 1 is 1.58 bits per heavy atom. The fraction of sp³-hybridized carbons (Fsp3) is 0. The summed E-state index contributed by atoms with van der Waals surface area (Å²) in [5.41, 5.74) is 0.453. The number of hydrogen-bond acceptors (Lipinski definition) is 3. The van der Waals surface area contributed by atoms with E-state index in [-0.39, 0.29) is 15.7 Å². The summed E-state index contributed by atoms with van der Waals surface area (Å²) in [5, 5.41) is 19.8. The van der Waals surface area contributed by atoms with Crippen molar-refractivity contribution in [1.82, 2.24) is 4.98 Å². The van der Waals surface area contributed by atoms with Crippen LogP contribution in [0.15, 0.2) is 5.16 Å². The zero-order valence-corrected chi connectivity index (χ0v) is 7.19. The minimum atomic E-state index is 0.136. The third-order valence-corrected chi connectivity index (χ3v) is 1.89. The van der Waals surface area contributed by atoms with E-state index in [0.717, 1.165) is 6.21 Å². The molecule has 0 amide bonds. The van der Waals surface area contributed by atoms with E-state index in [1.807, 2.05) is 0 Å². The molecule has 12 heavy (non-hydrogen) atoms. The maximum atomic E-state index is 8.53. The van der Waals surface area contributed by atoms with Gasteiger partial charge >= 0.3 is 0 Å². The predicted molar refractivity (Wildman–Crippen MR) is 44.9 cm³/mol. The number of oxime groups is 1. The highest BCUT2D eigenvalue weighted by atomic mass is 35.5. The third kappa shape index (κ3) is 1.37. The van der Waals surface area contributed by atoms with Gasteiger partial charge in [0.25, 0.3) is 0 Å². The van der Waals surface area contributed by atoms with Crippen LogP contribution in [0.5, 0.6) is 0 Å². The van der Waals surface area contributed by atoms with Crippen LogP contribution in [0.4, 0.5) is 0 Å². The maximum Gasteiger partial charge on any atom is 0.126 e. The van der Waals surface area contributed by atoms with Crippen molar-refractivity contribution in [3.63, 3.8) is 0 Å². The topological polar surface area (TPSA) is 72.2 Å². The van der Waals surface area contributed by atoms with Crippen molar-refractivity contribution in [3.05, 3.63) is 21.4 Å². The molecule has 0 atom stereocenters. The number of rotatable bonds is 1. The molecule has 1 heterocycles. The first-order valence-corrected chi connectivity index (χ1v) is 3.60. The number of halogens is 2. The lowest BCUT2D eigenvalue weighted by Crippen LogP contribution is -1.80. The van der Waals surface area contributed by atoms with Crippen LogP contribution in [0.25, 0.3) is 0 Å². The van der Waals surface area contributed by atoms with Gasteiger partial charge in [-0.15, -0.1) is 0 Å². The van der Waals surface area contributed by atoms with E-state index in [4.69, 9.17) is 33.7 Å². The Morgan fingerprint density at radius 2 is 2.25 bits per heavy atom. The molecule has 62 valence electrons. The van der Waals surface area contributed by atoms with Crippen LogP contribution >= 0.6 is 23.2 Å². The SMILES string of the molecule is N#Cc1c(Cl)[nH]c(/C=N/O)c1Cl. The lowest BCUT2D eigenvalue weighted by atomic mass is 10.3. The first-order chi connectivity index (χ1) is 5.70. The fourth-order valence-electron chi connectivity index (χ4n) is 0.711. The van der Waals surface area contributed by atoms with Gasteiger partial charge in [-0.3, -0.25) is 0 Å². The Labute approximate surface area is 78.0 Å². The van der Waals surface area contributed by atoms with Gasteiger partial charge in [0.05, 0.1) is 16.9 Å². The molecule has 1 aromatic heterocycles. The van der Waals surface area contributed by atoms with Crippen molar-refractivity contribution in [1.29, 1.82) is 5.26 Å². The smallest absolute Gasteiger partial charge is 0.126 e. The van der Waals surface area contributed by atoms with Gasteiger partial charge in [0, 0.05) is 0 Å². The normalized spacial score (nSPS) is 10.4. The summed E-state index contributed by atoms with van der Waals surface area (Å²) in [6.45, 7) is 0. The van der Waals surface area contributed by atoms with Gasteiger partial charge in [0.15, 0.2) is 0 Å². The molecule has 0 spiro atoms. The van der Waals surface area contributed by atoms with Crippen molar-refractivity contribution in [3.8, 4) is 6.07 Å². The minimum Gasteiger partial charge on any atom is -0.411 e. The molecular weight excluding hydrogens is 201 g/mol. The van der Waals surface area contributed by atoms with E-state index in [1.54, 1.807) is 6.07 Å². The molecule has 1 aromatic rings. The summed E-state index contributed by atoms with van der Waals surface area (Å²) in [7, 11) is 0. The summed E-state index contributed by atoms with van der Waals surface area (Å²) in [6.07, 6.45) is 1.06. The lowest BCUT2D eigenvalue weighted by Gasteiger charge is -1.83. The number of aromatic nitrogens is 1. The molecule has 0 bridgehead atoms. The second-order valence-electron chi connectivity index (χ2n) is 1.90. The molecule has 2 N–H and O–H groups in total. The van der Waals surface area contributed by atoms with Crippen LogP contribution in [-0.4, -0.2) is 16.4 Å². The van der Waals surface area contributed by atoms with Gasteiger partial charge in [0.2, 0.25) is 0 Å². The zero-order valence-electron chi connectivity index (χ0n) is 5.67. The Hall–Kier alpha value is -1.18. The summed E-state index contributed by atoms with van der Waals surface area (Å²) < 4.78 is 0. The average Bonchev–Trinajstić information content (AvgIpc) is 2.29. The van der Waals surface area contributed by atoms with E-state index < -0.39 is 0 Å². The van der Waals surface area contributed by atoms with Gasteiger partial charge in [-0.1, -0.05) is 28.4 Å². The van der Waals surface area contributed by atoms with Crippen LogP contribution in [0, 0.1) is 11.3 Å². The Kier molecular flexibility index (Phi) is 2.58. The Morgan fingerprint density at radius 3 is 2.67 bits per heavy atom. The number of aromatic amines is 1. The molecule has 0 unspecified atom stereocenters. The van der Waals surface area contributed by atoms with Crippen molar-refractivity contribution in [2.24, 2.45) is 5.16 Å². The molecule has 0 aliphatic rings. The summed E-state index contributed by atoms with van der Waals surface area (Å²) in [5.74, 6) is 0. The van der Waals surface area contributed by atoms with Crippen molar-refractivity contribution < 1.29 is 5.21 Å². The molecule has 4 nitrogen and oxygen atoms in total. The highest BCUT2D eigenvalue weighted by Gasteiger charge is 2.12. The van der Waals surface area contributed by atoms with Crippen LogP contribution in [0.3, 0.4) is 0 Å². The second kappa shape index (κ2) is 3.48. The number of nitrogens with one attached hydrogen (secondary N) is 1. The molecule has 0 aliphatic heterocycles. The predicted octanol–water partition coefficient (Wildman–Crippen LogP) is 2.00. The Balaban J connectivity index is 3.28. The van der Waals surface area contributed by atoms with E-state index in [1.165, 1.54) is 0 Å². The lowest BCUT2D eigenvalue weighted by molar-refractivity contribution is 0.321. The monoisotopic (exact) mass is 203 g/mol. The van der Waals surface area contributed by atoms with Gasteiger partial charge < -0.3 is 10.2 Å². The van der Waals surface area contributed by atoms with E-state index >= 15 is 0 Å². The second-order valence-corrected chi connectivity index (χ2v) is 2.65. The van der Waals surface area contributed by atoms with Crippen LogP contribution in [0.1, 0.15) is 11.3 Å². The number of hydrogen-bond donors (Lipinski definition) is 2. The molecular formula is C6H3Cl2N3O. The van der Waals surface area contributed by atoms with Crippen LogP contribution in [0.2, 0.25) is 10.2 Å². The molecule has 1 rings (SSSR count). The van der Waals surface area contributed by atoms with Gasteiger partial charge in [-0.25, -0.2) is 0 Å². The maximum absolute atomic E-state index is 8.53. The summed E-state index contributed by atoms with van der Waals surface area (Å²) in [6, 6.07) is 1.80. The number of H-pyrrole nitrogens is 1. The highest BCUT2D eigenvalue weighted by Crippen LogP contribution is 2.25. The molecule has 6 heteroatoms. The zero-order chi connectivity index (χ0) is 9.14. The summed E-state index contributed by atoms with van der Waals surface area (Å²) in [4.78, 5) is 2.57. The molecule has 0 fully saturated rings. The fourth-order valence-corrected chi connectivity index (χ4v) is 1.23. The average molecular weight is 204 g/mol. The number of nitrogens with zero attached hydrogens (tertiary/aromatic N) is 2. The van der Waals surface area contributed by atoms with Gasteiger partial charge in [-0.2, -0.15) is 5.26 Å². The third-order valence-electron chi connectivity index (χ3n) is 1.22. The van der Waals surface area contributed by atoms with Gasteiger partial charge in [0.1, 0.15) is 16.8 Å². The molecule has 0 saturated carbocycles. The largest absolute Gasteiger partial charge is 0.411 e. The first-order valence-electron chi connectivity index (χ1n) is 2.85. The van der Waals surface area contributed by atoms with E-state index in [2.05, 4.69) is 10.1 Å². The minimum absolute atomic E-state index is 0.136. The highest BCUT2D eigenvalue weighted by molar-refractivity contribution is 6.38. The van der Waals surface area contributed by atoms with Crippen LogP contribution in [-0.2, 0) is 0 Å². The first kappa shape index (κ1) is 8.91. The quantitative estimate of drug-likeness (QED) is 0.417. The molecule has 0 radical (unpaired) electrons. The molecule has 0 aromatic carbocycles. The van der Waals surface area contributed by atoms with E-state index in [9.17, 15) is 0 Å². The van der Waals surface area contributed by atoms with Crippen LogP contribution < -0.4 is 0 Å². The van der Waals surface area contributed by atoms with Crippen molar-refractivity contribution in [2.75, 3.05) is 0 Å². The molecule has 0 saturated heterocycles. The standard InChI is InChI=1S/C6H3Cl2N3O/c7-5-3(1-9)6(8)11-4(5)2-10-12/h2,11-12H/b10-2+. The van der Waals surface area contributed by atoms with Crippen molar-refractivity contribution >= 4 is 29.4 Å². The van der Waals surface area contributed by atoms with Gasteiger partial charge in [-0.05, 0) is 0 Å². The van der Waals surface area contributed by atoms with Crippen molar-refractivity contribution in [2.45, 2.75) is 0 Å².